The highest BCUT2D eigenvalue weighted by molar-refractivity contribution is 7.98. The number of ether oxygens (including phenoxy) is 1. The molecule has 1 N–H and O–H groups in total. The number of thioether (sulfide) groups is 1. The normalized spacial score (nSPS) is 14.5. The molecule has 1 saturated carbocycles. The summed E-state index contributed by atoms with van der Waals surface area (Å²) in [6.45, 7) is 0. The Bertz CT molecular complexity index is 727. The molecule has 0 aromatic heterocycles. The monoisotopic (exact) mass is 375 g/mol. The predicted molar refractivity (Wildman–Crippen MR) is 104 cm³/mol. The first-order chi connectivity index (χ1) is 12.2. The third-order valence-corrected chi connectivity index (χ3v) is 5.75. The van der Waals surface area contributed by atoms with Crippen molar-refractivity contribution in [3.63, 3.8) is 0 Å². The van der Waals surface area contributed by atoms with E-state index in [0.717, 1.165) is 39.8 Å². The summed E-state index contributed by atoms with van der Waals surface area (Å²) in [4.78, 5) is 13.6. The Morgan fingerprint density at radius 3 is 2.60 bits per heavy atom. The van der Waals surface area contributed by atoms with Gasteiger partial charge in [-0.3, -0.25) is 4.79 Å². The van der Waals surface area contributed by atoms with Crippen LogP contribution in [0.15, 0.2) is 47.4 Å². The Balaban J connectivity index is 1.70. The lowest BCUT2D eigenvalue weighted by Gasteiger charge is -2.14. The molecular weight excluding hydrogens is 354 g/mol. The van der Waals surface area contributed by atoms with E-state index in [0.29, 0.717) is 11.6 Å². The van der Waals surface area contributed by atoms with E-state index in [1.807, 2.05) is 42.5 Å². The molecule has 0 spiro atoms. The fraction of sp³-hybridized carbons (Fsp3) is 0.350. The second kappa shape index (κ2) is 8.63. The van der Waals surface area contributed by atoms with Crippen molar-refractivity contribution in [2.45, 2.75) is 42.4 Å². The number of nitrogens with one attached hydrogen (secondary N) is 1. The molecule has 2 aromatic carbocycles. The van der Waals surface area contributed by atoms with Crippen molar-refractivity contribution in [3.8, 4) is 5.75 Å². The third-order valence-electron chi connectivity index (χ3n) is 4.44. The minimum absolute atomic E-state index is 0.00676. The van der Waals surface area contributed by atoms with Crippen LogP contribution in [0.25, 0.3) is 0 Å². The molecule has 3 rings (SSSR count). The molecule has 0 heterocycles. The first kappa shape index (κ1) is 18.2. The van der Waals surface area contributed by atoms with Gasteiger partial charge in [-0.15, -0.1) is 11.8 Å². The molecule has 0 aliphatic heterocycles. The van der Waals surface area contributed by atoms with E-state index in [2.05, 4.69) is 5.32 Å². The van der Waals surface area contributed by atoms with E-state index in [9.17, 15) is 4.79 Å². The SMILES string of the molecule is COc1ccc(C(=O)NC2CCCC2)cc1CSc1ccc(Cl)cc1. The van der Waals surface area contributed by atoms with Gasteiger partial charge >= 0.3 is 0 Å². The lowest BCUT2D eigenvalue weighted by atomic mass is 10.1. The smallest absolute Gasteiger partial charge is 0.251 e. The van der Waals surface area contributed by atoms with Crippen molar-refractivity contribution in [1.82, 2.24) is 5.32 Å². The topological polar surface area (TPSA) is 38.3 Å². The fourth-order valence-corrected chi connectivity index (χ4v) is 4.07. The maximum Gasteiger partial charge on any atom is 0.251 e. The summed E-state index contributed by atoms with van der Waals surface area (Å²) in [6.07, 6.45) is 4.58. The van der Waals surface area contributed by atoms with Gasteiger partial charge in [0.15, 0.2) is 0 Å². The molecule has 5 heteroatoms. The molecule has 0 bridgehead atoms. The number of methoxy groups -OCH3 is 1. The van der Waals surface area contributed by atoms with Crippen molar-refractivity contribution in [2.24, 2.45) is 0 Å². The fourth-order valence-electron chi connectivity index (χ4n) is 3.06. The van der Waals surface area contributed by atoms with Gasteiger partial charge in [-0.2, -0.15) is 0 Å². The average Bonchev–Trinajstić information content (AvgIpc) is 3.14. The van der Waals surface area contributed by atoms with Gasteiger partial charge in [-0.05, 0) is 55.3 Å². The summed E-state index contributed by atoms with van der Waals surface area (Å²) >= 11 is 7.62. The van der Waals surface area contributed by atoms with Gasteiger partial charge < -0.3 is 10.1 Å². The quantitative estimate of drug-likeness (QED) is 0.695. The Labute approximate surface area is 158 Å². The Hall–Kier alpha value is -1.65. The number of hydrogen-bond acceptors (Lipinski definition) is 3. The minimum atomic E-state index is 0.00676. The first-order valence-corrected chi connectivity index (χ1v) is 9.88. The van der Waals surface area contributed by atoms with E-state index in [1.165, 1.54) is 12.8 Å². The lowest BCUT2D eigenvalue weighted by molar-refractivity contribution is 0.0937. The number of rotatable bonds is 6. The molecule has 0 atom stereocenters. The Morgan fingerprint density at radius 2 is 1.92 bits per heavy atom. The number of amides is 1. The number of benzene rings is 2. The van der Waals surface area contributed by atoms with Crippen LogP contribution in [0, 0.1) is 0 Å². The van der Waals surface area contributed by atoms with Gasteiger partial charge in [0.1, 0.15) is 5.75 Å². The summed E-state index contributed by atoms with van der Waals surface area (Å²) in [5.41, 5.74) is 1.71. The second-order valence-corrected chi connectivity index (χ2v) is 7.71. The molecule has 132 valence electrons. The highest BCUT2D eigenvalue weighted by Gasteiger charge is 2.18. The number of halogens is 1. The summed E-state index contributed by atoms with van der Waals surface area (Å²) in [5.74, 6) is 1.54. The van der Waals surface area contributed by atoms with E-state index < -0.39 is 0 Å². The van der Waals surface area contributed by atoms with Crippen LogP contribution < -0.4 is 10.1 Å². The highest BCUT2D eigenvalue weighted by atomic mass is 35.5. The van der Waals surface area contributed by atoms with E-state index >= 15 is 0 Å². The van der Waals surface area contributed by atoms with Crippen molar-refractivity contribution in [1.29, 1.82) is 0 Å². The molecule has 2 aromatic rings. The third kappa shape index (κ3) is 4.93. The zero-order valence-corrected chi connectivity index (χ0v) is 15.8. The molecule has 3 nitrogen and oxygen atoms in total. The van der Waals surface area contributed by atoms with Crippen LogP contribution in [0.2, 0.25) is 5.02 Å². The van der Waals surface area contributed by atoms with Gasteiger partial charge in [0.2, 0.25) is 0 Å². The second-order valence-electron chi connectivity index (χ2n) is 6.22. The molecule has 1 aliphatic carbocycles. The Kier molecular flexibility index (Phi) is 6.27. The van der Waals surface area contributed by atoms with Gasteiger partial charge in [0.25, 0.3) is 5.91 Å². The van der Waals surface area contributed by atoms with Crippen LogP contribution in [0.3, 0.4) is 0 Å². The summed E-state index contributed by atoms with van der Waals surface area (Å²) < 4.78 is 5.45. The van der Waals surface area contributed by atoms with E-state index in [4.69, 9.17) is 16.3 Å². The van der Waals surface area contributed by atoms with Crippen LogP contribution in [0.4, 0.5) is 0 Å². The zero-order chi connectivity index (χ0) is 17.6. The number of carbonyl (C=O) groups is 1. The van der Waals surface area contributed by atoms with E-state index in [-0.39, 0.29) is 5.91 Å². The molecule has 0 saturated heterocycles. The lowest BCUT2D eigenvalue weighted by Crippen LogP contribution is -2.32. The van der Waals surface area contributed by atoms with Gasteiger partial charge in [-0.25, -0.2) is 0 Å². The molecule has 1 fully saturated rings. The predicted octanol–water partition coefficient (Wildman–Crippen LogP) is 5.31. The molecule has 1 aliphatic rings. The number of carbonyl (C=O) groups excluding carboxylic acids is 1. The van der Waals surface area contributed by atoms with Gasteiger partial charge in [-0.1, -0.05) is 24.4 Å². The molecule has 25 heavy (non-hydrogen) atoms. The molecule has 0 radical (unpaired) electrons. The minimum Gasteiger partial charge on any atom is -0.496 e. The molecule has 1 amide bonds. The van der Waals surface area contributed by atoms with Crippen LogP contribution in [0.5, 0.6) is 5.75 Å². The van der Waals surface area contributed by atoms with E-state index in [1.54, 1.807) is 18.9 Å². The summed E-state index contributed by atoms with van der Waals surface area (Å²) in [7, 11) is 1.66. The maximum absolute atomic E-state index is 12.5. The molecule has 0 unspecified atom stereocenters. The summed E-state index contributed by atoms with van der Waals surface area (Å²) in [5, 5.41) is 3.87. The largest absolute Gasteiger partial charge is 0.496 e. The maximum atomic E-state index is 12.5. The number of hydrogen-bond donors (Lipinski definition) is 1. The highest BCUT2D eigenvalue weighted by Crippen LogP contribution is 2.29. The van der Waals surface area contributed by atoms with Crippen LogP contribution in [-0.4, -0.2) is 19.1 Å². The first-order valence-electron chi connectivity index (χ1n) is 8.52. The average molecular weight is 376 g/mol. The zero-order valence-electron chi connectivity index (χ0n) is 14.3. The van der Waals surface area contributed by atoms with Gasteiger partial charge in [0.05, 0.1) is 7.11 Å². The van der Waals surface area contributed by atoms with Crippen LogP contribution in [-0.2, 0) is 5.75 Å². The summed E-state index contributed by atoms with van der Waals surface area (Å²) in [6, 6.07) is 13.7. The van der Waals surface area contributed by atoms with Crippen molar-refractivity contribution >= 4 is 29.3 Å². The van der Waals surface area contributed by atoms with Crippen molar-refractivity contribution in [3.05, 3.63) is 58.6 Å². The van der Waals surface area contributed by atoms with Crippen LogP contribution in [0.1, 0.15) is 41.6 Å². The van der Waals surface area contributed by atoms with Crippen molar-refractivity contribution in [2.75, 3.05) is 7.11 Å². The van der Waals surface area contributed by atoms with Crippen LogP contribution >= 0.6 is 23.4 Å². The van der Waals surface area contributed by atoms with Gasteiger partial charge in [0, 0.05) is 32.8 Å². The van der Waals surface area contributed by atoms with Crippen molar-refractivity contribution < 1.29 is 9.53 Å². The molecular formula is C20H22ClNO2S. The Morgan fingerprint density at radius 1 is 1.20 bits per heavy atom. The standard InChI is InChI=1S/C20H22ClNO2S/c1-24-19-11-6-14(20(23)22-17-4-2-3-5-17)12-15(19)13-25-18-9-7-16(21)8-10-18/h6-12,17H,2-5,13H2,1H3,(H,22,23).